The average Bonchev–Trinajstić information content (AvgIpc) is 2.09. The van der Waals surface area contributed by atoms with Crippen molar-refractivity contribution in [2.24, 2.45) is 11.8 Å². The fourth-order valence-electron chi connectivity index (χ4n) is 1.81. The normalized spacial score (nSPS) is 29.2. The number of hydrogen-bond donors (Lipinski definition) is 1. The third kappa shape index (κ3) is 3.28. The molecule has 1 fully saturated rings. The van der Waals surface area contributed by atoms with Gasteiger partial charge in [-0.25, -0.2) is 0 Å². The predicted octanol–water partition coefficient (Wildman–Crippen LogP) is 2.20. The van der Waals surface area contributed by atoms with Gasteiger partial charge in [0.25, 0.3) is 0 Å². The van der Waals surface area contributed by atoms with Crippen LogP contribution in [-0.4, -0.2) is 11.7 Å². The van der Waals surface area contributed by atoms with Crippen LogP contribution < -0.4 is 0 Å². The second kappa shape index (κ2) is 5.22. The van der Waals surface area contributed by atoms with Crippen molar-refractivity contribution in [1.29, 1.82) is 0 Å². The quantitative estimate of drug-likeness (QED) is 0.592. The fourth-order valence-corrected chi connectivity index (χ4v) is 1.81. The molecule has 0 saturated heterocycles. The Kier molecular flexibility index (Phi) is 4.18. The molecule has 0 atom stereocenters. The fraction of sp³-hybridized carbons (Fsp3) is 0.818. The molecule has 0 radical (unpaired) electrons. The first-order valence-electron chi connectivity index (χ1n) is 4.89. The van der Waals surface area contributed by atoms with Gasteiger partial charge in [0.15, 0.2) is 0 Å². The van der Waals surface area contributed by atoms with Gasteiger partial charge in [0.05, 0.1) is 0 Å². The standard InChI is InChI=1S/C11H18O/c1-10-5-7-11(8-6-10)4-2-3-9-12/h10-12H,4-9H2,1H3. The lowest BCUT2D eigenvalue weighted by Gasteiger charge is -2.24. The number of aliphatic hydroxyl groups is 1. The topological polar surface area (TPSA) is 20.2 Å². The lowest BCUT2D eigenvalue weighted by atomic mass is 9.82. The van der Waals surface area contributed by atoms with Crippen molar-refractivity contribution in [3.05, 3.63) is 0 Å². The van der Waals surface area contributed by atoms with E-state index in [9.17, 15) is 0 Å². The highest BCUT2D eigenvalue weighted by atomic mass is 16.2. The Balaban J connectivity index is 2.17. The Labute approximate surface area is 75.2 Å². The summed E-state index contributed by atoms with van der Waals surface area (Å²) in [4.78, 5) is 0. The first kappa shape index (κ1) is 9.61. The molecule has 1 saturated carbocycles. The molecule has 0 heterocycles. The number of hydrogen-bond acceptors (Lipinski definition) is 1. The minimum atomic E-state index is 0.0170. The molecule has 0 bridgehead atoms. The predicted molar refractivity (Wildman–Crippen MR) is 50.6 cm³/mol. The van der Waals surface area contributed by atoms with Gasteiger partial charge in [-0.3, -0.25) is 0 Å². The summed E-state index contributed by atoms with van der Waals surface area (Å²) in [5, 5.41) is 8.46. The zero-order valence-electron chi connectivity index (χ0n) is 7.84. The van der Waals surface area contributed by atoms with Gasteiger partial charge in [-0.2, -0.15) is 0 Å². The van der Waals surface area contributed by atoms with E-state index < -0.39 is 0 Å². The Morgan fingerprint density at radius 1 is 1.17 bits per heavy atom. The highest BCUT2D eigenvalue weighted by Crippen LogP contribution is 2.29. The molecule has 1 heteroatoms. The summed E-state index contributed by atoms with van der Waals surface area (Å²) in [7, 11) is 0. The van der Waals surface area contributed by atoms with Crippen LogP contribution in [0, 0.1) is 23.7 Å². The van der Waals surface area contributed by atoms with E-state index in [4.69, 9.17) is 5.11 Å². The van der Waals surface area contributed by atoms with Gasteiger partial charge in [-0.1, -0.05) is 25.7 Å². The molecule has 1 aliphatic carbocycles. The summed E-state index contributed by atoms with van der Waals surface area (Å²) in [5.41, 5.74) is 0. The first-order chi connectivity index (χ1) is 5.83. The molecule has 0 aromatic carbocycles. The number of aliphatic hydroxyl groups excluding tert-OH is 1. The molecule has 0 aromatic heterocycles. The summed E-state index contributed by atoms with van der Waals surface area (Å²) >= 11 is 0. The van der Waals surface area contributed by atoms with Crippen LogP contribution in [0.3, 0.4) is 0 Å². The summed E-state index contributed by atoms with van der Waals surface area (Å²) in [5.74, 6) is 7.46. The first-order valence-corrected chi connectivity index (χ1v) is 4.89. The van der Waals surface area contributed by atoms with Crippen LogP contribution in [0.2, 0.25) is 0 Å². The maximum Gasteiger partial charge on any atom is 0.104 e. The molecule has 1 aliphatic rings. The molecule has 0 amide bonds. The van der Waals surface area contributed by atoms with Gasteiger partial charge in [0, 0.05) is 6.42 Å². The summed E-state index contributed by atoms with van der Waals surface area (Å²) in [6.07, 6.45) is 6.40. The minimum absolute atomic E-state index is 0.0170. The van der Waals surface area contributed by atoms with Gasteiger partial charge in [0.2, 0.25) is 0 Å². The molecular formula is C11H18O. The van der Waals surface area contributed by atoms with E-state index in [0.717, 1.165) is 18.3 Å². The van der Waals surface area contributed by atoms with Gasteiger partial charge >= 0.3 is 0 Å². The van der Waals surface area contributed by atoms with Crippen molar-refractivity contribution in [2.75, 3.05) is 6.61 Å². The Morgan fingerprint density at radius 3 is 2.42 bits per heavy atom. The monoisotopic (exact) mass is 166 g/mol. The van der Waals surface area contributed by atoms with Crippen molar-refractivity contribution in [3.8, 4) is 11.8 Å². The van der Waals surface area contributed by atoms with Crippen molar-refractivity contribution >= 4 is 0 Å². The van der Waals surface area contributed by atoms with Crippen LogP contribution in [0.4, 0.5) is 0 Å². The summed E-state index contributed by atoms with van der Waals surface area (Å²) in [6, 6.07) is 0. The molecule has 1 nitrogen and oxygen atoms in total. The minimum Gasteiger partial charge on any atom is -0.384 e. The third-order valence-corrected chi connectivity index (χ3v) is 2.73. The van der Waals surface area contributed by atoms with Gasteiger partial charge in [-0.05, 0) is 24.7 Å². The third-order valence-electron chi connectivity index (χ3n) is 2.73. The van der Waals surface area contributed by atoms with E-state index >= 15 is 0 Å². The molecule has 68 valence electrons. The molecule has 1 rings (SSSR count). The lowest BCUT2D eigenvalue weighted by Crippen LogP contribution is -2.11. The van der Waals surface area contributed by atoms with Crippen LogP contribution >= 0.6 is 0 Å². The van der Waals surface area contributed by atoms with E-state index in [2.05, 4.69) is 18.8 Å². The molecule has 0 aromatic rings. The smallest absolute Gasteiger partial charge is 0.104 e. The van der Waals surface area contributed by atoms with E-state index in [1.165, 1.54) is 25.7 Å². The van der Waals surface area contributed by atoms with Crippen LogP contribution in [0.25, 0.3) is 0 Å². The second-order valence-corrected chi connectivity index (χ2v) is 3.84. The van der Waals surface area contributed by atoms with Crippen molar-refractivity contribution < 1.29 is 5.11 Å². The number of rotatable bonds is 1. The zero-order valence-corrected chi connectivity index (χ0v) is 7.84. The second-order valence-electron chi connectivity index (χ2n) is 3.84. The van der Waals surface area contributed by atoms with E-state index in [1.54, 1.807) is 0 Å². The molecule has 12 heavy (non-hydrogen) atoms. The maximum atomic E-state index is 8.46. The summed E-state index contributed by atoms with van der Waals surface area (Å²) in [6.45, 7) is 2.35. The molecule has 0 spiro atoms. The van der Waals surface area contributed by atoms with Gasteiger partial charge < -0.3 is 5.11 Å². The highest BCUT2D eigenvalue weighted by Gasteiger charge is 2.16. The molecule has 0 unspecified atom stereocenters. The molecular weight excluding hydrogens is 148 g/mol. The van der Waals surface area contributed by atoms with Crippen molar-refractivity contribution in [1.82, 2.24) is 0 Å². The largest absolute Gasteiger partial charge is 0.384 e. The lowest BCUT2D eigenvalue weighted by molar-refractivity contribution is 0.294. The summed E-state index contributed by atoms with van der Waals surface area (Å²) < 4.78 is 0. The molecule has 1 N–H and O–H groups in total. The Hall–Kier alpha value is -0.480. The van der Waals surface area contributed by atoms with Crippen molar-refractivity contribution in [2.45, 2.75) is 39.0 Å². The van der Waals surface area contributed by atoms with Crippen molar-refractivity contribution in [3.63, 3.8) is 0 Å². The van der Waals surface area contributed by atoms with E-state index in [0.29, 0.717) is 0 Å². The van der Waals surface area contributed by atoms with E-state index in [1.807, 2.05) is 0 Å². The van der Waals surface area contributed by atoms with Gasteiger partial charge in [-0.15, -0.1) is 5.92 Å². The van der Waals surface area contributed by atoms with Gasteiger partial charge in [0.1, 0.15) is 6.61 Å². The maximum absolute atomic E-state index is 8.46. The highest BCUT2D eigenvalue weighted by molar-refractivity contribution is 5.00. The zero-order chi connectivity index (χ0) is 8.81. The van der Waals surface area contributed by atoms with Crippen LogP contribution in [0.1, 0.15) is 39.0 Å². The van der Waals surface area contributed by atoms with E-state index in [-0.39, 0.29) is 6.61 Å². The van der Waals surface area contributed by atoms with Crippen LogP contribution in [0.15, 0.2) is 0 Å². The Morgan fingerprint density at radius 2 is 1.83 bits per heavy atom. The Bertz CT molecular complexity index is 167. The van der Waals surface area contributed by atoms with Crippen LogP contribution in [0.5, 0.6) is 0 Å². The van der Waals surface area contributed by atoms with Crippen LogP contribution in [-0.2, 0) is 0 Å². The molecule has 0 aliphatic heterocycles. The average molecular weight is 166 g/mol. The SMILES string of the molecule is CC1CCC(CC#CCO)CC1.